The molecule has 0 unspecified atom stereocenters. The standard InChI is InChI=1S/C8H8I2O/c9-5-6-11-8-4-2-1-3-7(8)10/h1-4H,5-6H2. The highest BCUT2D eigenvalue weighted by atomic mass is 127. The molecular formula is C8H8I2O. The molecule has 0 heterocycles. The minimum absolute atomic E-state index is 0.792. The van der Waals surface area contributed by atoms with Crippen LogP contribution in [0.2, 0.25) is 0 Å². The predicted molar refractivity (Wildman–Crippen MR) is 63.5 cm³/mol. The summed E-state index contributed by atoms with van der Waals surface area (Å²) in [6.45, 7) is 0.792. The summed E-state index contributed by atoms with van der Waals surface area (Å²) >= 11 is 4.57. The van der Waals surface area contributed by atoms with Crippen LogP contribution in [0.4, 0.5) is 0 Å². The molecule has 1 nitrogen and oxygen atoms in total. The van der Waals surface area contributed by atoms with Crippen molar-refractivity contribution in [3.8, 4) is 5.75 Å². The largest absolute Gasteiger partial charge is 0.492 e. The van der Waals surface area contributed by atoms with Gasteiger partial charge >= 0.3 is 0 Å². The van der Waals surface area contributed by atoms with Crippen LogP contribution in [0.25, 0.3) is 0 Å². The van der Waals surface area contributed by atoms with E-state index in [9.17, 15) is 0 Å². The zero-order chi connectivity index (χ0) is 8.10. The van der Waals surface area contributed by atoms with Gasteiger partial charge in [0.15, 0.2) is 0 Å². The van der Waals surface area contributed by atoms with Crippen LogP contribution in [-0.4, -0.2) is 11.0 Å². The Hall–Kier alpha value is 0.480. The molecule has 0 amide bonds. The van der Waals surface area contributed by atoms with Gasteiger partial charge in [0, 0.05) is 4.43 Å². The molecule has 0 saturated heterocycles. The van der Waals surface area contributed by atoms with E-state index in [1.54, 1.807) is 0 Å². The summed E-state index contributed by atoms with van der Waals surface area (Å²) in [5.74, 6) is 0.991. The topological polar surface area (TPSA) is 9.23 Å². The van der Waals surface area contributed by atoms with Crippen LogP contribution in [0.15, 0.2) is 24.3 Å². The Balaban J connectivity index is 2.62. The van der Waals surface area contributed by atoms with Crippen molar-refractivity contribution in [1.29, 1.82) is 0 Å². The van der Waals surface area contributed by atoms with Gasteiger partial charge in [0.1, 0.15) is 5.75 Å². The van der Waals surface area contributed by atoms with Crippen molar-refractivity contribution in [2.45, 2.75) is 0 Å². The summed E-state index contributed by atoms with van der Waals surface area (Å²) in [5.41, 5.74) is 0. The highest BCUT2D eigenvalue weighted by molar-refractivity contribution is 14.1. The first kappa shape index (κ1) is 9.57. The van der Waals surface area contributed by atoms with E-state index in [1.165, 1.54) is 3.57 Å². The SMILES string of the molecule is ICCOc1ccccc1I. The number of hydrogen-bond donors (Lipinski definition) is 0. The first-order chi connectivity index (χ1) is 5.34. The molecule has 0 aliphatic rings. The van der Waals surface area contributed by atoms with Crippen molar-refractivity contribution in [2.24, 2.45) is 0 Å². The van der Waals surface area contributed by atoms with E-state index < -0.39 is 0 Å². The van der Waals surface area contributed by atoms with E-state index in [0.29, 0.717) is 0 Å². The quantitative estimate of drug-likeness (QED) is 0.584. The number of alkyl halides is 1. The Labute approximate surface area is 93.8 Å². The summed E-state index contributed by atoms with van der Waals surface area (Å²) in [7, 11) is 0. The summed E-state index contributed by atoms with van der Waals surface area (Å²) < 4.78 is 7.68. The number of hydrogen-bond acceptors (Lipinski definition) is 1. The van der Waals surface area contributed by atoms with Gasteiger partial charge < -0.3 is 4.74 Å². The second-order valence-electron chi connectivity index (χ2n) is 1.97. The Kier molecular flexibility index (Phi) is 4.51. The van der Waals surface area contributed by atoms with Crippen molar-refractivity contribution in [2.75, 3.05) is 11.0 Å². The molecule has 1 aromatic rings. The molecule has 0 aliphatic heterocycles. The summed E-state index contributed by atoms with van der Waals surface area (Å²) in [6, 6.07) is 8.04. The molecule has 0 N–H and O–H groups in total. The van der Waals surface area contributed by atoms with Crippen LogP contribution in [0.3, 0.4) is 0 Å². The second-order valence-corrected chi connectivity index (χ2v) is 4.21. The van der Waals surface area contributed by atoms with Crippen molar-refractivity contribution in [1.82, 2.24) is 0 Å². The van der Waals surface area contributed by atoms with Gasteiger partial charge in [-0.05, 0) is 34.7 Å². The van der Waals surface area contributed by atoms with Gasteiger partial charge in [0.25, 0.3) is 0 Å². The van der Waals surface area contributed by atoms with Crippen LogP contribution in [0.1, 0.15) is 0 Å². The van der Waals surface area contributed by atoms with Crippen molar-refractivity contribution in [3.05, 3.63) is 27.8 Å². The first-order valence-corrected chi connectivity index (χ1v) is 5.88. The van der Waals surface area contributed by atoms with Gasteiger partial charge in [-0.3, -0.25) is 0 Å². The molecule has 0 aromatic heterocycles. The van der Waals surface area contributed by atoms with Gasteiger partial charge in [-0.1, -0.05) is 34.7 Å². The Morgan fingerprint density at radius 2 is 2.00 bits per heavy atom. The molecule has 0 fully saturated rings. The van der Waals surface area contributed by atoms with E-state index in [-0.39, 0.29) is 0 Å². The fraction of sp³-hybridized carbons (Fsp3) is 0.250. The summed E-state index contributed by atoms with van der Waals surface area (Å²) in [6.07, 6.45) is 0. The van der Waals surface area contributed by atoms with Crippen LogP contribution >= 0.6 is 45.2 Å². The van der Waals surface area contributed by atoms with E-state index >= 15 is 0 Å². The van der Waals surface area contributed by atoms with Gasteiger partial charge in [0.2, 0.25) is 0 Å². The lowest BCUT2D eigenvalue weighted by atomic mass is 10.3. The average Bonchev–Trinajstić information content (AvgIpc) is 2.03. The molecule has 0 bridgehead atoms. The van der Waals surface area contributed by atoms with E-state index in [1.807, 2.05) is 24.3 Å². The molecular weight excluding hydrogens is 366 g/mol. The Morgan fingerprint density at radius 1 is 1.27 bits per heavy atom. The maximum absolute atomic E-state index is 5.47. The van der Waals surface area contributed by atoms with E-state index in [0.717, 1.165) is 16.8 Å². The molecule has 0 spiro atoms. The number of halogens is 2. The Bertz CT molecular complexity index is 225. The third-order valence-corrected chi connectivity index (χ3v) is 2.50. The normalized spacial score (nSPS) is 9.64. The lowest BCUT2D eigenvalue weighted by Crippen LogP contribution is -1.98. The van der Waals surface area contributed by atoms with Crippen molar-refractivity contribution in [3.63, 3.8) is 0 Å². The minimum atomic E-state index is 0.792. The van der Waals surface area contributed by atoms with Crippen molar-refractivity contribution < 1.29 is 4.74 Å². The minimum Gasteiger partial charge on any atom is -0.492 e. The van der Waals surface area contributed by atoms with Crippen LogP contribution in [0.5, 0.6) is 5.75 Å². The maximum Gasteiger partial charge on any atom is 0.132 e. The predicted octanol–water partition coefficient (Wildman–Crippen LogP) is 3.11. The average molecular weight is 374 g/mol. The molecule has 0 aliphatic carbocycles. The molecule has 1 rings (SSSR count). The van der Waals surface area contributed by atoms with Gasteiger partial charge in [-0.15, -0.1) is 0 Å². The lowest BCUT2D eigenvalue weighted by Gasteiger charge is -2.04. The third-order valence-electron chi connectivity index (χ3n) is 1.17. The number of rotatable bonds is 3. The third kappa shape index (κ3) is 3.14. The fourth-order valence-corrected chi connectivity index (χ4v) is 1.47. The zero-order valence-electron chi connectivity index (χ0n) is 5.89. The molecule has 3 heteroatoms. The van der Waals surface area contributed by atoms with Crippen LogP contribution in [0, 0.1) is 3.57 Å². The van der Waals surface area contributed by atoms with Crippen molar-refractivity contribution >= 4 is 45.2 Å². The highest BCUT2D eigenvalue weighted by Crippen LogP contribution is 2.19. The molecule has 0 saturated carbocycles. The van der Waals surface area contributed by atoms with E-state index in [2.05, 4.69) is 45.2 Å². The highest BCUT2D eigenvalue weighted by Gasteiger charge is 1.96. The number of para-hydroxylation sites is 1. The maximum atomic E-state index is 5.47. The van der Waals surface area contributed by atoms with Gasteiger partial charge in [0.05, 0.1) is 10.2 Å². The number of ether oxygens (including phenoxy) is 1. The second kappa shape index (κ2) is 5.18. The van der Waals surface area contributed by atoms with Gasteiger partial charge in [-0.25, -0.2) is 0 Å². The first-order valence-electron chi connectivity index (χ1n) is 3.28. The van der Waals surface area contributed by atoms with Crippen LogP contribution in [-0.2, 0) is 0 Å². The summed E-state index contributed by atoms with van der Waals surface area (Å²) in [4.78, 5) is 0. The Morgan fingerprint density at radius 3 is 2.64 bits per heavy atom. The molecule has 60 valence electrons. The number of benzene rings is 1. The van der Waals surface area contributed by atoms with Gasteiger partial charge in [-0.2, -0.15) is 0 Å². The zero-order valence-corrected chi connectivity index (χ0v) is 10.2. The fourth-order valence-electron chi connectivity index (χ4n) is 0.710. The molecule has 1 aromatic carbocycles. The smallest absolute Gasteiger partial charge is 0.132 e. The molecule has 0 radical (unpaired) electrons. The van der Waals surface area contributed by atoms with E-state index in [4.69, 9.17) is 4.74 Å². The van der Waals surface area contributed by atoms with Crippen LogP contribution < -0.4 is 4.74 Å². The monoisotopic (exact) mass is 374 g/mol. The molecule has 11 heavy (non-hydrogen) atoms. The lowest BCUT2D eigenvalue weighted by molar-refractivity contribution is 0.344. The summed E-state index contributed by atoms with van der Waals surface area (Å²) in [5, 5.41) is 0. The molecule has 0 atom stereocenters.